The lowest BCUT2D eigenvalue weighted by Crippen LogP contribution is -2.46. The monoisotopic (exact) mass is 440 g/mol. The largest absolute Gasteiger partial charge is 0.416 e. The molecule has 1 aliphatic rings. The summed E-state index contributed by atoms with van der Waals surface area (Å²) < 4.78 is 77.6. The van der Waals surface area contributed by atoms with E-state index in [-0.39, 0.29) is 22.4 Å². The average molecular weight is 442 g/mol. The van der Waals surface area contributed by atoms with E-state index in [1.807, 2.05) is 0 Å². The van der Waals surface area contributed by atoms with Crippen molar-refractivity contribution in [2.45, 2.75) is 24.8 Å². The normalized spacial score (nSPS) is 18.1. The van der Waals surface area contributed by atoms with E-state index in [4.69, 9.17) is 0 Å². The van der Waals surface area contributed by atoms with Crippen molar-refractivity contribution in [1.82, 2.24) is 10.2 Å². The number of benzene rings is 1. The van der Waals surface area contributed by atoms with Gasteiger partial charge in [-0.25, -0.2) is 0 Å². The Balaban J connectivity index is 0.00000288. The molecule has 1 saturated heterocycles. The Morgan fingerprint density at radius 2 is 1.62 bits per heavy atom. The highest BCUT2D eigenvalue weighted by Gasteiger charge is 2.38. The Hall–Kier alpha value is -0.510. The summed E-state index contributed by atoms with van der Waals surface area (Å²) in [4.78, 5) is 1.58. The van der Waals surface area contributed by atoms with Crippen LogP contribution in [0.1, 0.15) is 23.6 Å². The number of hydrogen-bond donors (Lipinski definition) is 1. The summed E-state index contributed by atoms with van der Waals surface area (Å²) in [5.74, 6) is 0. The van der Waals surface area contributed by atoms with Crippen molar-refractivity contribution < 1.29 is 26.3 Å². The number of nitrogens with one attached hydrogen (secondary N) is 1. The van der Waals surface area contributed by atoms with Gasteiger partial charge in [0.05, 0.1) is 12.0 Å². The molecule has 0 bridgehead atoms. The lowest BCUT2D eigenvalue weighted by molar-refractivity contribution is -0.148. The van der Waals surface area contributed by atoms with Crippen LogP contribution in [0.3, 0.4) is 0 Å². The smallest absolute Gasteiger partial charge is 0.314 e. The first kappa shape index (κ1) is 21.5. The molecule has 0 aliphatic carbocycles. The maximum atomic E-state index is 12.9. The van der Waals surface area contributed by atoms with E-state index in [1.54, 1.807) is 4.90 Å². The SMILES string of the molecule is Cl.FC(F)(F)C[C@@H](c1cc(Br)cc(C(F)(F)F)c1)N1CCNCC1. The summed E-state index contributed by atoms with van der Waals surface area (Å²) in [5, 5.41) is 3.02. The Morgan fingerprint density at radius 3 is 2.12 bits per heavy atom. The van der Waals surface area contributed by atoms with Crippen LogP contribution in [-0.4, -0.2) is 37.3 Å². The molecule has 0 amide bonds. The van der Waals surface area contributed by atoms with Gasteiger partial charge < -0.3 is 5.32 Å². The molecule has 138 valence electrons. The summed E-state index contributed by atoms with van der Waals surface area (Å²) in [6.07, 6.45) is -10.2. The molecule has 0 spiro atoms. The molecular formula is C14H16BrClF6N2. The van der Waals surface area contributed by atoms with Crippen molar-refractivity contribution in [3.05, 3.63) is 33.8 Å². The van der Waals surface area contributed by atoms with Gasteiger partial charge in [0.15, 0.2) is 0 Å². The predicted octanol–water partition coefficient (Wildman–Crippen LogP) is 4.79. The van der Waals surface area contributed by atoms with Crippen molar-refractivity contribution in [1.29, 1.82) is 0 Å². The number of alkyl halides is 6. The molecule has 1 aromatic carbocycles. The van der Waals surface area contributed by atoms with Crippen LogP contribution in [0.5, 0.6) is 0 Å². The quantitative estimate of drug-likeness (QED) is 0.679. The van der Waals surface area contributed by atoms with E-state index in [0.29, 0.717) is 26.2 Å². The third kappa shape index (κ3) is 6.09. The van der Waals surface area contributed by atoms with Crippen molar-refractivity contribution in [2.24, 2.45) is 0 Å². The van der Waals surface area contributed by atoms with Crippen molar-refractivity contribution in [2.75, 3.05) is 26.2 Å². The zero-order valence-corrected chi connectivity index (χ0v) is 14.7. The second-order valence-corrected chi connectivity index (χ2v) is 6.31. The molecule has 1 atom stereocenters. The summed E-state index contributed by atoms with van der Waals surface area (Å²) in [7, 11) is 0. The van der Waals surface area contributed by atoms with Crippen LogP contribution in [-0.2, 0) is 6.18 Å². The lowest BCUT2D eigenvalue weighted by atomic mass is 9.98. The van der Waals surface area contributed by atoms with E-state index < -0.39 is 30.4 Å². The highest BCUT2D eigenvalue weighted by Crippen LogP contribution is 2.38. The highest BCUT2D eigenvalue weighted by atomic mass is 79.9. The van der Waals surface area contributed by atoms with Crippen LogP contribution in [0.2, 0.25) is 0 Å². The zero-order valence-electron chi connectivity index (χ0n) is 12.3. The fourth-order valence-corrected chi connectivity index (χ4v) is 3.15. The van der Waals surface area contributed by atoms with Crippen LogP contribution in [0, 0.1) is 0 Å². The van der Waals surface area contributed by atoms with Crippen molar-refractivity contribution in [3.63, 3.8) is 0 Å². The Labute approximate surface area is 150 Å². The van der Waals surface area contributed by atoms with Gasteiger partial charge in [0.2, 0.25) is 0 Å². The molecule has 0 saturated carbocycles. The molecule has 1 aliphatic heterocycles. The van der Waals surface area contributed by atoms with Gasteiger partial charge in [-0.05, 0) is 23.8 Å². The molecular weight excluding hydrogens is 426 g/mol. The van der Waals surface area contributed by atoms with E-state index in [9.17, 15) is 26.3 Å². The minimum Gasteiger partial charge on any atom is -0.314 e. The predicted molar refractivity (Wildman–Crippen MR) is 84.2 cm³/mol. The summed E-state index contributed by atoms with van der Waals surface area (Å²) in [6.45, 7) is 1.73. The van der Waals surface area contributed by atoms with Gasteiger partial charge in [0.25, 0.3) is 0 Å². The van der Waals surface area contributed by atoms with Gasteiger partial charge in [0, 0.05) is 36.7 Å². The second-order valence-electron chi connectivity index (χ2n) is 5.39. The zero-order chi connectivity index (χ0) is 17.3. The van der Waals surface area contributed by atoms with Crippen LogP contribution < -0.4 is 5.32 Å². The van der Waals surface area contributed by atoms with E-state index in [1.165, 1.54) is 6.07 Å². The topological polar surface area (TPSA) is 15.3 Å². The molecule has 24 heavy (non-hydrogen) atoms. The van der Waals surface area contributed by atoms with Gasteiger partial charge in [-0.15, -0.1) is 12.4 Å². The second kappa shape index (κ2) is 8.25. The van der Waals surface area contributed by atoms with Crippen molar-refractivity contribution >= 4 is 28.3 Å². The summed E-state index contributed by atoms with van der Waals surface area (Å²) in [6, 6.07) is 1.87. The third-order valence-corrected chi connectivity index (χ3v) is 4.11. The minimum atomic E-state index is -4.61. The standard InChI is InChI=1S/C14H15BrF6N2.ClH/c15-11-6-9(5-10(7-11)14(19,20)21)12(8-13(16,17)18)23-3-1-22-2-4-23;/h5-7,12,22H,1-4,8H2;1H/t12-;/m0./s1. The number of piperazine rings is 1. The lowest BCUT2D eigenvalue weighted by Gasteiger charge is -2.36. The first-order chi connectivity index (χ1) is 10.6. The molecule has 0 radical (unpaired) electrons. The van der Waals surface area contributed by atoms with Crippen molar-refractivity contribution in [3.8, 4) is 0 Å². The van der Waals surface area contributed by atoms with Crippen LogP contribution >= 0.6 is 28.3 Å². The number of halogens is 8. The Bertz CT molecular complexity index is 543. The maximum absolute atomic E-state index is 12.9. The number of hydrogen-bond acceptors (Lipinski definition) is 2. The first-order valence-corrected chi connectivity index (χ1v) is 7.75. The summed E-state index contributed by atoms with van der Waals surface area (Å²) in [5.41, 5.74) is -0.935. The third-order valence-electron chi connectivity index (χ3n) is 3.65. The van der Waals surface area contributed by atoms with Gasteiger partial charge >= 0.3 is 12.4 Å². The Morgan fingerprint density at radius 1 is 1.04 bits per heavy atom. The minimum absolute atomic E-state index is 0. The van der Waals surface area contributed by atoms with E-state index in [0.717, 1.165) is 12.1 Å². The number of nitrogens with zero attached hydrogens (tertiary/aromatic N) is 1. The summed E-state index contributed by atoms with van der Waals surface area (Å²) >= 11 is 2.97. The number of rotatable bonds is 3. The van der Waals surface area contributed by atoms with E-state index >= 15 is 0 Å². The fraction of sp³-hybridized carbons (Fsp3) is 0.571. The Kier molecular flexibility index (Phi) is 7.40. The van der Waals surface area contributed by atoms with Gasteiger partial charge in [-0.2, -0.15) is 26.3 Å². The van der Waals surface area contributed by atoms with Gasteiger partial charge in [-0.3, -0.25) is 4.90 Å². The fourth-order valence-electron chi connectivity index (χ4n) is 2.64. The van der Waals surface area contributed by atoms with Gasteiger partial charge in [-0.1, -0.05) is 15.9 Å². The molecule has 2 nitrogen and oxygen atoms in total. The first-order valence-electron chi connectivity index (χ1n) is 6.95. The molecule has 1 aromatic rings. The molecule has 1 fully saturated rings. The molecule has 0 aromatic heterocycles. The van der Waals surface area contributed by atoms with Crippen LogP contribution in [0.4, 0.5) is 26.3 Å². The van der Waals surface area contributed by atoms with Gasteiger partial charge in [0.1, 0.15) is 0 Å². The molecule has 2 rings (SSSR count). The van der Waals surface area contributed by atoms with Crippen LogP contribution in [0.25, 0.3) is 0 Å². The molecule has 0 unspecified atom stereocenters. The maximum Gasteiger partial charge on any atom is 0.416 e. The average Bonchev–Trinajstić information content (AvgIpc) is 2.43. The molecule has 10 heteroatoms. The molecule has 1 heterocycles. The van der Waals surface area contributed by atoms with Crippen LogP contribution in [0.15, 0.2) is 22.7 Å². The molecule has 1 N–H and O–H groups in total. The highest BCUT2D eigenvalue weighted by molar-refractivity contribution is 9.10. The van der Waals surface area contributed by atoms with E-state index in [2.05, 4.69) is 21.2 Å².